The molecule has 1 N–H and O–H groups in total. The largest absolute Gasteiger partial charge is 0.355 e. The van der Waals surface area contributed by atoms with E-state index in [0.29, 0.717) is 6.73 Å². The molecule has 76 valence electrons. The summed E-state index contributed by atoms with van der Waals surface area (Å²) in [6.07, 6.45) is 0.915. The molecule has 2 rings (SSSR count). The molecule has 2 nitrogen and oxygen atoms in total. The number of ether oxygens (including phenoxy) is 1. The van der Waals surface area contributed by atoms with E-state index in [-0.39, 0.29) is 11.4 Å². The molecular formula is C11H14FNO. The molecule has 1 aliphatic heterocycles. The van der Waals surface area contributed by atoms with Crippen LogP contribution in [0, 0.1) is 5.82 Å². The molecule has 0 bridgehead atoms. The second-order valence-corrected chi connectivity index (χ2v) is 3.78. The molecule has 1 heterocycles. The molecule has 1 unspecified atom stereocenters. The average molecular weight is 195 g/mol. The van der Waals surface area contributed by atoms with Crippen molar-refractivity contribution in [2.75, 3.05) is 13.3 Å². The molecule has 1 atom stereocenters. The minimum atomic E-state index is -0.265. The summed E-state index contributed by atoms with van der Waals surface area (Å²) in [6, 6.07) is 6.54. The van der Waals surface area contributed by atoms with Gasteiger partial charge in [-0.1, -0.05) is 12.1 Å². The fourth-order valence-electron chi connectivity index (χ4n) is 1.71. The van der Waals surface area contributed by atoms with Crippen LogP contribution >= 0.6 is 0 Å². The van der Waals surface area contributed by atoms with Crippen LogP contribution in [0.2, 0.25) is 0 Å². The summed E-state index contributed by atoms with van der Waals surface area (Å²) in [4.78, 5) is 0. The van der Waals surface area contributed by atoms with Crippen molar-refractivity contribution < 1.29 is 9.13 Å². The highest BCUT2D eigenvalue weighted by Crippen LogP contribution is 2.30. The van der Waals surface area contributed by atoms with Crippen molar-refractivity contribution in [3.8, 4) is 0 Å². The number of hydrogen-bond acceptors (Lipinski definition) is 2. The van der Waals surface area contributed by atoms with E-state index < -0.39 is 0 Å². The predicted octanol–water partition coefficient (Wildman–Crippen LogP) is 2.01. The molecule has 1 aromatic carbocycles. The van der Waals surface area contributed by atoms with Crippen molar-refractivity contribution in [2.45, 2.75) is 18.9 Å². The van der Waals surface area contributed by atoms with E-state index in [9.17, 15) is 4.39 Å². The maximum absolute atomic E-state index is 12.7. The molecule has 0 radical (unpaired) electrons. The molecule has 1 fully saturated rings. The smallest absolute Gasteiger partial charge is 0.123 e. The summed E-state index contributed by atoms with van der Waals surface area (Å²) in [5.41, 5.74) is 0.777. The van der Waals surface area contributed by atoms with E-state index in [2.05, 4.69) is 5.32 Å². The molecule has 1 saturated heterocycles. The van der Waals surface area contributed by atoms with Crippen LogP contribution < -0.4 is 5.32 Å². The summed E-state index contributed by atoms with van der Waals surface area (Å²) in [6.45, 7) is 3.54. The molecule has 0 aromatic heterocycles. The second-order valence-electron chi connectivity index (χ2n) is 3.78. The van der Waals surface area contributed by atoms with Crippen LogP contribution in [0.5, 0.6) is 0 Å². The van der Waals surface area contributed by atoms with E-state index in [4.69, 9.17) is 4.74 Å². The van der Waals surface area contributed by atoms with Crippen LogP contribution in [-0.2, 0) is 10.3 Å². The Hall–Kier alpha value is -0.930. The number of halogens is 1. The fourth-order valence-corrected chi connectivity index (χ4v) is 1.71. The van der Waals surface area contributed by atoms with Crippen LogP contribution in [0.15, 0.2) is 24.3 Å². The lowest BCUT2D eigenvalue weighted by Gasteiger charge is -2.34. The number of benzene rings is 1. The van der Waals surface area contributed by atoms with Gasteiger partial charge >= 0.3 is 0 Å². The summed E-state index contributed by atoms with van der Waals surface area (Å²) >= 11 is 0. The van der Waals surface area contributed by atoms with Crippen LogP contribution in [0.3, 0.4) is 0 Å². The van der Waals surface area contributed by atoms with E-state index in [1.165, 1.54) is 12.1 Å². The Morgan fingerprint density at radius 1 is 1.36 bits per heavy atom. The zero-order valence-corrected chi connectivity index (χ0v) is 8.22. The van der Waals surface area contributed by atoms with Gasteiger partial charge in [-0.05, 0) is 31.0 Å². The highest BCUT2D eigenvalue weighted by atomic mass is 19.1. The molecule has 0 amide bonds. The lowest BCUT2D eigenvalue weighted by Crippen LogP contribution is -2.40. The topological polar surface area (TPSA) is 21.3 Å². The zero-order valence-electron chi connectivity index (χ0n) is 8.22. The number of hydrogen-bond donors (Lipinski definition) is 1. The number of rotatable bonds is 1. The summed E-state index contributed by atoms with van der Waals surface area (Å²) in [7, 11) is 0. The van der Waals surface area contributed by atoms with Crippen LogP contribution in [0.1, 0.15) is 18.9 Å². The lowest BCUT2D eigenvalue weighted by atomic mass is 9.91. The third kappa shape index (κ3) is 1.79. The highest BCUT2D eigenvalue weighted by Gasteiger charge is 2.29. The average Bonchev–Trinajstić information content (AvgIpc) is 2.19. The highest BCUT2D eigenvalue weighted by molar-refractivity contribution is 5.23. The van der Waals surface area contributed by atoms with E-state index in [1.54, 1.807) is 12.1 Å². The molecule has 3 heteroatoms. The molecule has 0 spiro atoms. The monoisotopic (exact) mass is 195 g/mol. The Morgan fingerprint density at radius 2 is 2.07 bits per heavy atom. The predicted molar refractivity (Wildman–Crippen MR) is 52.3 cm³/mol. The van der Waals surface area contributed by atoms with E-state index >= 15 is 0 Å². The number of nitrogens with one attached hydrogen (secondary N) is 1. The summed E-state index contributed by atoms with van der Waals surface area (Å²) in [5.74, 6) is -0.203. The normalized spacial score (nSPS) is 27.6. The maximum atomic E-state index is 12.7. The second kappa shape index (κ2) is 3.67. The van der Waals surface area contributed by atoms with Crippen LogP contribution in [0.4, 0.5) is 4.39 Å². The van der Waals surface area contributed by atoms with Gasteiger partial charge in [-0.15, -0.1) is 0 Å². The molecule has 1 aromatic rings. The van der Waals surface area contributed by atoms with Crippen molar-refractivity contribution >= 4 is 0 Å². The molecular weight excluding hydrogens is 181 g/mol. The van der Waals surface area contributed by atoms with Crippen molar-refractivity contribution in [2.24, 2.45) is 0 Å². The van der Waals surface area contributed by atoms with Gasteiger partial charge in [-0.25, -0.2) is 4.39 Å². The molecule has 0 saturated carbocycles. The standard InChI is InChI=1S/C11H14FNO/c1-11(6-7-13-8-14-11)9-2-4-10(12)5-3-9/h2-5,13H,6-8H2,1H3. The van der Waals surface area contributed by atoms with Crippen molar-refractivity contribution in [1.29, 1.82) is 0 Å². The molecule has 14 heavy (non-hydrogen) atoms. The van der Waals surface area contributed by atoms with Crippen molar-refractivity contribution in [3.05, 3.63) is 35.6 Å². The maximum Gasteiger partial charge on any atom is 0.123 e. The van der Waals surface area contributed by atoms with Gasteiger partial charge < -0.3 is 4.74 Å². The Morgan fingerprint density at radius 3 is 2.64 bits per heavy atom. The van der Waals surface area contributed by atoms with Crippen LogP contribution in [0.25, 0.3) is 0 Å². The van der Waals surface area contributed by atoms with Gasteiger partial charge in [0.15, 0.2) is 0 Å². The first kappa shape index (κ1) is 9.62. The Labute approximate surface area is 83.1 Å². The van der Waals surface area contributed by atoms with Crippen molar-refractivity contribution in [1.82, 2.24) is 5.32 Å². The summed E-state index contributed by atoms with van der Waals surface area (Å²) in [5, 5.41) is 3.12. The van der Waals surface area contributed by atoms with Gasteiger partial charge in [-0.3, -0.25) is 5.32 Å². The van der Waals surface area contributed by atoms with Gasteiger partial charge in [0.05, 0.1) is 12.3 Å². The van der Waals surface area contributed by atoms with Gasteiger partial charge in [0.25, 0.3) is 0 Å². The SMILES string of the molecule is CC1(c2ccc(F)cc2)CCNCO1. The third-order valence-electron chi connectivity index (χ3n) is 2.73. The minimum Gasteiger partial charge on any atom is -0.355 e. The summed E-state index contributed by atoms with van der Waals surface area (Å²) < 4.78 is 18.4. The third-order valence-corrected chi connectivity index (χ3v) is 2.73. The van der Waals surface area contributed by atoms with Gasteiger partial charge in [-0.2, -0.15) is 0 Å². The Balaban J connectivity index is 2.23. The van der Waals surface area contributed by atoms with Gasteiger partial charge in [0.2, 0.25) is 0 Å². The quantitative estimate of drug-likeness (QED) is 0.740. The van der Waals surface area contributed by atoms with Crippen molar-refractivity contribution in [3.63, 3.8) is 0 Å². The van der Waals surface area contributed by atoms with E-state index in [0.717, 1.165) is 18.5 Å². The first-order valence-electron chi connectivity index (χ1n) is 4.81. The first-order valence-corrected chi connectivity index (χ1v) is 4.81. The zero-order chi connectivity index (χ0) is 10.0. The Kier molecular flexibility index (Phi) is 2.52. The minimum absolute atomic E-state index is 0.203. The van der Waals surface area contributed by atoms with Crippen LogP contribution in [-0.4, -0.2) is 13.3 Å². The Bertz CT molecular complexity index is 304. The fraction of sp³-hybridized carbons (Fsp3) is 0.455. The van der Waals surface area contributed by atoms with Gasteiger partial charge in [0.1, 0.15) is 5.82 Å². The molecule has 0 aliphatic carbocycles. The van der Waals surface area contributed by atoms with E-state index in [1.807, 2.05) is 6.92 Å². The van der Waals surface area contributed by atoms with Gasteiger partial charge in [0, 0.05) is 6.54 Å². The molecule has 1 aliphatic rings. The first-order chi connectivity index (χ1) is 6.71. The lowest BCUT2D eigenvalue weighted by molar-refractivity contribution is -0.0763.